The van der Waals surface area contributed by atoms with E-state index in [0.717, 1.165) is 12.8 Å². The second-order valence-electron chi connectivity index (χ2n) is 4.14. The molecule has 0 heterocycles. The van der Waals surface area contributed by atoms with Crippen LogP contribution in [0.3, 0.4) is 0 Å². The van der Waals surface area contributed by atoms with Crippen LogP contribution in [0.25, 0.3) is 0 Å². The molecule has 0 bridgehead atoms. The average Bonchev–Trinajstić information content (AvgIpc) is 2.87. The van der Waals surface area contributed by atoms with Gasteiger partial charge in [-0.05, 0) is 25.8 Å². The lowest BCUT2D eigenvalue weighted by molar-refractivity contribution is -0.208. The minimum atomic E-state index is -4.54. The van der Waals surface area contributed by atoms with Crippen molar-refractivity contribution in [1.29, 1.82) is 0 Å². The minimum Gasteiger partial charge on any atom is -0.382 e. The fourth-order valence-corrected chi connectivity index (χ4v) is 1.72. The highest BCUT2D eigenvalue weighted by Gasteiger charge is 2.41. The lowest BCUT2D eigenvalue weighted by Crippen LogP contribution is -2.47. The summed E-state index contributed by atoms with van der Waals surface area (Å²) in [4.78, 5) is 1.51. The second kappa shape index (κ2) is 4.67. The van der Waals surface area contributed by atoms with Crippen molar-refractivity contribution >= 4 is 0 Å². The molecule has 0 amide bonds. The van der Waals surface area contributed by atoms with E-state index in [1.165, 1.54) is 4.90 Å². The molecule has 1 aliphatic rings. The third-order valence-electron chi connectivity index (χ3n) is 2.81. The monoisotopic (exact) mass is 226 g/mol. The highest BCUT2D eigenvalue weighted by atomic mass is 19.4. The van der Waals surface area contributed by atoms with Crippen LogP contribution >= 0.6 is 0 Å². The number of nitrogens with zero attached hydrogens (tertiary/aromatic N) is 1. The molecule has 2 atom stereocenters. The van der Waals surface area contributed by atoms with Crippen molar-refractivity contribution in [2.45, 2.75) is 31.2 Å². The van der Waals surface area contributed by atoms with E-state index in [2.05, 4.69) is 0 Å². The van der Waals surface area contributed by atoms with E-state index in [1.54, 1.807) is 7.05 Å². The Kier molecular flexibility index (Phi) is 3.97. The lowest BCUT2D eigenvalue weighted by Gasteiger charge is -2.29. The van der Waals surface area contributed by atoms with Gasteiger partial charge in [-0.1, -0.05) is 0 Å². The molecule has 1 fully saturated rings. The van der Waals surface area contributed by atoms with Crippen molar-refractivity contribution in [3.63, 3.8) is 0 Å². The molecule has 0 aromatic heterocycles. The molecule has 3 N–H and O–H groups in total. The molecule has 2 unspecified atom stereocenters. The van der Waals surface area contributed by atoms with Gasteiger partial charge in [-0.25, -0.2) is 0 Å². The number of alkyl halides is 3. The number of rotatable bonds is 5. The molecule has 1 saturated carbocycles. The summed E-state index contributed by atoms with van der Waals surface area (Å²) in [7, 11) is 1.57. The first-order valence-corrected chi connectivity index (χ1v) is 5.01. The van der Waals surface area contributed by atoms with E-state index in [-0.39, 0.29) is 6.04 Å². The second-order valence-corrected chi connectivity index (χ2v) is 4.14. The number of hydrogen-bond acceptors (Lipinski definition) is 3. The summed E-state index contributed by atoms with van der Waals surface area (Å²) in [5, 5.41) is 8.90. The Balaban J connectivity index is 2.42. The number of nitrogens with two attached hydrogens (primary N) is 1. The van der Waals surface area contributed by atoms with Crippen LogP contribution in [0, 0.1) is 5.92 Å². The molecule has 3 nitrogen and oxygen atoms in total. The number of aliphatic hydroxyl groups is 1. The van der Waals surface area contributed by atoms with Gasteiger partial charge in [0.1, 0.15) is 0 Å². The Morgan fingerprint density at radius 2 is 2.00 bits per heavy atom. The summed E-state index contributed by atoms with van der Waals surface area (Å²) < 4.78 is 36.3. The van der Waals surface area contributed by atoms with Gasteiger partial charge in [-0.2, -0.15) is 13.2 Å². The smallest absolute Gasteiger partial charge is 0.382 e. The van der Waals surface area contributed by atoms with Crippen molar-refractivity contribution in [2.24, 2.45) is 11.7 Å². The molecule has 0 aliphatic heterocycles. The quantitative estimate of drug-likeness (QED) is 0.721. The predicted octanol–water partition coefficient (Wildman–Crippen LogP) is 0.579. The standard InChI is InChI=1S/C9H17F3N2O/c1-14(5-8(15)9(10,11)12)7(4-13)6-2-3-6/h6-8,15H,2-5,13H2,1H3. The topological polar surface area (TPSA) is 49.5 Å². The Labute approximate surface area is 87.0 Å². The van der Waals surface area contributed by atoms with E-state index < -0.39 is 18.8 Å². The maximum absolute atomic E-state index is 12.1. The molecule has 0 aromatic carbocycles. The maximum atomic E-state index is 12.1. The summed E-state index contributed by atoms with van der Waals surface area (Å²) in [6, 6.07) is -0.0398. The van der Waals surface area contributed by atoms with Gasteiger partial charge in [0.25, 0.3) is 0 Å². The van der Waals surface area contributed by atoms with Gasteiger partial charge in [0.15, 0.2) is 6.10 Å². The molecule has 1 aliphatic carbocycles. The summed E-state index contributed by atoms with van der Waals surface area (Å²) in [6.45, 7) is -0.0619. The van der Waals surface area contributed by atoms with Crippen LogP contribution in [-0.2, 0) is 0 Å². The molecule has 90 valence electrons. The Morgan fingerprint density at radius 1 is 1.47 bits per heavy atom. The van der Waals surface area contributed by atoms with E-state index in [1.807, 2.05) is 0 Å². The van der Waals surface area contributed by atoms with Crippen LogP contribution in [0.4, 0.5) is 13.2 Å². The number of likely N-dealkylation sites (N-methyl/N-ethyl adjacent to an activating group) is 1. The summed E-state index contributed by atoms with van der Waals surface area (Å²) in [5.41, 5.74) is 5.49. The molecule has 15 heavy (non-hydrogen) atoms. The van der Waals surface area contributed by atoms with Crippen LogP contribution in [-0.4, -0.2) is 48.5 Å². The van der Waals surface area contributed by atoms with Crippen LogP contribution in [0.15, 0.2) is 0 Å². The number of halogens is 3. The van der Waals surface area contributed by atoms with Crippen LogP contribution in [0.1, 0.15) is 12.8 Å². The van der Waals surface area contributed by atoms with Gasteiger partial charge in [0.2, 0.25) is 0 Å². The highest BCUT2D eigenvalue weighted by Crippen LogP contribution is 2.35. The maximum Gasteiger partial charge on any atom is 0.415 e. The third kappa shape index (κ3) is 3.62. The zero-order chi connectivity index (χ0) is 11.6. The van der Waals surface area contributed by atoms with Gasteiger partial charge in [0, 0.05) is 19.1 Å². The molecule has 0 spiro atoms. The number of hydrogen-bond donors (Lipinski definition) is 2. The van der Waals surface area contributed by atoms with E-state index in [0.29, 0.717) is 12.5 Å². The first kappa shape index (κ1) is 12.7. The molecular weight excluding hydrogens is 209 g/mol. The van der Waals surface area contributed by atoms with Crippen molar-refractivity contribution < 1.29 is 18.3 Å². The summed E-state index contributed by atoms with van der Waals surface area (Å²) in [5.74, 6) is 0.403. The van der Waals surface area contributed by atoms with Crippen molar-refractivity contribution in [1.82, 2.24) is 4.90 Å². The normalized spacial score (nSPS) is 21.8. The van der Waals surface area contributed by atoms with E-state index >= 15 is 0 Å². The third-order valence-corrected chi connectivity index (χ3v) is 2.81. The van der Waals surface area contributed by atoms with E-state index in [4.69, 9.17) is 10.8 Å². The van der Waals surface area contributed by atoms with Crippen LogP contribution in [0.2, 0.25) is 0 Å². The first-order valence-electron chi connectivity index (χ1n) is 5.01. The van der Waals surface area contributed by atoms with Crippen molar-refractivity contribution in [2.75, 3.05) is 20.1 Å². The van der Waals surface area contributed by atoms with Gasteiger partial charge in [-0.15, -0.1) is 0 Å². The zero-order valence-corrected chi connectivity index (χ0v) is 8.67. The molecule has 0 radical (unpaired) electrons. The molecule has 6 heteroatoms. The predicted molar refractivity (Wildman–Crippen MR) is 50.3 cm³/mol. The summed E-state index contributed by atoms with van der Waals surface area (Å²) in [6.07, 6.45) is -4.78. The van der Waals surface area contributed by atoms with Gasteiger partial charge in [0.05, 0.1) is 0 Å². The first-order chi connectivity index (χ1) is 6.86. The Hall–Kier alpha value is -0.330. The van der Waals surface area contributed by atoms with Crippen LogP contribution < -0.4 is 5.73 Å². The van der Waals surface area contributed by atoms with Gasteiger partial charge < -0.3 is 10.8 Å². The Bertz CT molecular complexity index is 206. The minimum absolute atomic E-state index is 0.0398. The number of aliphatic hydroxyl groups excluding tert-OH is 1. The van der Waals surface area contributed by atoms with Gasteiger partial charge in [-0.3, -0.25) is 4.90 Å². The highest BCUT2D eigenvalue weighted by molar-refractivity contribution is 4.88. The zero-order valence-electron chi connectivity index (χ0n) is 8.67. The SMILES string of the molecule is CN(CC(O)C(F)(F)F)C(CN)C1CC1. The fourth-order valence-electron chi connectivity index (χ4n) is 1.72. The fraction of sp³-hybridized carbons (Fsp3) is 1.00. The molecular formula is C9H17F3N2O. The van der Waals surface area contributed by atoms with Crippen LogP contribution in [0.5, 0.6) is 0 Å². The molecule has 1 rings (SSSR count). The Morgan fingerprint density at radius 3 is 2.33 bits per heavy atom. The summed E-state index contributed by atoms with van der Waals surface area (Å²) >= 11 is 0. The van der Waals surface area contributed by atoms with Gasteiger partial charge >= 0.3 is 6.18 Å². The lowest BCUT2D eigenvalue weighted by atomic mass is 10.1. The molecule has 0 aromatic rings. The average molecular weight is 226 g/mol. The van der Waals surface area contributed by atoms with Crippen molar-refractivity contribution in [3.8, 4) is 0 Å². The largest absolute Gasteiger partial charge is 0.415 e. The van der Waals surface area contributed by atoms with E-state index in [9.17, 15) is 13.2 Å². The van der Waals surface area contributed by atoms with Crippen molar-refractivity contribution in [3.05, 3.63) is 0 Å². The molecule has 0 saturated heterocycles.